The topological polar surface area (TPSA) is 271 Å². The van der Waals surface area contributed by atoms with E-state index < -0.39 is 161 Å². The van der Waals surface area contributed by atoms with Crippen molar-refractivity contribution in [3.05, 3.63) is 12.2 Å². The van der Waals surface area contributed by atoms with Crippen molar-refractivity contribution < 1.29 is 67.4 Å². The number of rotatable bonds is 24. The first-order valence-corrected chi connectivity index (χ1v) is 37.5. The lowest BCUT2D eigenvalue weighted by molar-refractivity contribution is -0.148. The second kappa shape index (κ2) is 47.1. The first kappa shape index (κ1) is 91.8. The number of thioether (sulfide) groups is 1. The van der Waals surface area contributed by atoms with Gasteiger partial charge in [-0.3, -0.25) is 57.5 Å². The molecule has 20 nitrogen and oxygen atoms in total. The van der Waals surface area contributed by atoms with Crippen molar-refractivity contribution in [2.45, 2.75) is 296 Å². The number of allylic oxidation sites excluding steroid dienone is 2. The van der Waals surface area contributed by atoms with Gasteiger partial charge in [0.1, 0.15) is 12.1 Å². The zero-order valence-corrected chi connectivity index (χ0v) is 65.3. The Kier molecular flexibility index (Phi) is 44.6. The molecule has 0 unspecified atom stereocenters. The maximum Gasteiger partial charge on any atom is 0.245 e. The van der Waals surface area contributed by atoms with E-state index in [1.807, 2.05) is 54.5 Å². The molecule has 1 fully saturated rings. The number of aliphatic hydroxyl groups is 1. The standard InChI is InChI=1S/C68H116N6O14S.C8H18/c1-22-24-27-44(13)63(82)51-38-58(79)61(43(11)12)74(21)67(86)49(32-39(3)4)36-57(78)54(34-41(7)8)71(18)66(85)46(15)69-64(83)45(14)35-56(77)53(33-40(5)6)72(19)68(87)50(42(9)10)37-59(80)62(47(16)88-30-25-26-31-89-48(17)75)73(20)60(81)29-28-55(76)52(23-2)70-65(51)84;1-4-5-6-7-8(2)3/h22,24,39-47,49-54,61-63,82H,23,25-38H2,1-21H3,(H,69,83)(H,70,84);8H,4-7H2,1-3H3/b24-22+;/t44-,45-,46-,47-,49-,50+,51+,52+,53+,54+,61+,62+,63-;/m1./s1. The van der Waals surface area contributed by atoms with Crippen molar-refractivity contribution in [1.29, 1.82) is 0 Å². The van der Waals surface area contributed by atoms with Gasteiger partial charge in [-0.15, -0.1) is 0 Å². The van der Waals surface area contributed by atoms with E-state index in [-0.39, 0.29) is 87.3 Å². The van der Waals surface area contributed by atoms with E-state index in [1.165, 1.54) is 99.1 Å². The summed E-state index contributed by atoms with van der Waals surface area (Å²) >= 11 is 1.18. The molecule has 3 N–H and O–H groups in total. The minimum absolute atomic E-state index is 0.0216. The second-order valence-electron chi connectivity index (χ2n) is 30.1. The SMILES string of the molecule is C/C=C/C[C@@H](C)[C@@H](O)[C@@H]1CC(=O)[C@H](C(C)C)N(C)C(=O)[C@H](CC(C)C)CC(=O)[C@H](CC(C)C)N(C)C(=O)[C@@H](C)NC(=O)[C@H](C)CC(=O)[C@H](CC(C)C)N(C)C(=O)[C@H](C(C)C)CC(=O)[C@H]([C@@H](C)OCCCCSC(C)=O)N(C)C(=O)CCC(=O)[C@H](CC)NC1=O.CCCCCC(C)C. The lowest BCUT2D eigenvalue weighted by atomic mass is 9.82. The predicted molar refractivity (Wildman–Crippen MR) is 388 cm³/mol. The highest BCUT2D eigenvalue weighted by Crippen LogP contribution is 2.30. The lowest BCUT2D eigenvalue weighted by Gasteiger charge is -2.36. The Hall–Kier alpha value is -5.15. The fourth-order valence-corrected chi connectivity index (χ4v) is 13.4. The van der Waals surface area contributed by atoms with Gasteiger partial charge in [-0.25, -0.2) is 0 Å². The average molecular weight is 1390 g/mol. The molecule has 0 saturated carbocycles. The van der Waals surface area contributed by atoms with Gasteiger partial charge in [-0.1, -0.05) is 160 Å². The van der Waals surface area contributed by atoms with Gasteiger partial charge in [0, 0.05) is 104 Å². The molecule has 1 saturated heterocycles. The molecule has 1 rings (SSSR count). The molecule has 0 radical (unpaired) electrons. The summed E-state index contributed by atoms with van der Waals surface area (Å²) in [6.07, 6.45) is 7.01. The molecule has 1 aliphatic heterocycles. The molecule has 21 heteroatoms. The zero-order chi connectivity index (χ0) is 74.9. The van der Waals surface area contributed by atoms with Crippen LogP contribution in [0.15, 0.2) is 12.2 Å². The van der Waals surface area contributed by atoms with Crippen LogP contribution in [0.5, 0.6) is 0 Å². The van der Waals surface area contributed by atoms with Crippen LogP contribution < -0.4 is 10.6 Å². The number of hydrogen-bond acceptors (Lipinski definition) is 15. The summed E-state index contributed by atoms with van der Waals surface area (Å²) in [6, 6.07) is -6.71. The van der Waals surface area contributed by atoms with E-state index in [1.54, 1.807) is 61.5 Å². The summed E-state index contributed by atoms with van der Waals surface area (Å²) in [5.74, 6) is -10.5. The number of carbonyl (C=O) groups excluding carboxylic acids is 12. The van der Waals surface area contributed by atoms with Crippen LogP contribution in [0.25, 0.3) is 0 Å². The Balaban J connectivity index is 0.0000108. The van der Waals surface area contributed by atoms with E-state index in [0.29, 0.717) is 25.0 Å². The highest BCUT2D eigenvalue weighted by molar-refractivity contribution is 8.13. The summed E-state index contributed by atoms with van der Waals surface area (Å²) in [5.41, 5.74) is 0. The summed E-state index contributed by atoms with van der Waals surface area (Å²) in [4.78, 5) is 177. The third-order valence-electron chi connectivity index (χ3n) is 18.7. The first-order valence-electron chi connectivity index (χ1n) is 36.5. The minimum atomic E-state index is -1.39. The van der Waals surface area contributed by atoms with Crippen molar-refractivity contribution in [2.75, 3.05) is 40.6 Å². The number of likely N-dealkylation sites (N-methyl/N-ethyl adjacent to an activating group) is 4. The van der Waals surface area contributed by atoms with E-state index in [4.69, 9.17) is 4.74 Å². The third kappa shape index (κ3) is 32.8. The number of Topliss-reactive ketones (excluding diaryl/α,β-unsaturated/α-hetero) is 5. The highest BCUT2D eigenvalue weighted by Gasteiger charge is 2.43. The first-order chi connectivity index (χ1) is 45.1. The molecule has 0 spiro atoms. The van der Waals surface area contributed by atoms with E-state index in [2.05, 4.69) is 31.4 Å². The monoisotopic (exact) mass is 1390 g/mol. The van der Waals surface area contributed by atoms with Crippen molar-refractivity contribution in [3.63, 3.8) is 0 Å². The maximum absolute atomic E-state index is 14.9. The third-order valence-corrected chi connectivity index (χ3v) is 19.6. The number of aliphatic hydroxyl groups excluding tert-OH is 1. The maximum atomic E-state index is 14.9. The molecule has 0 aromatic carbocycles. The van der Waals surface area contributed by atoms with Crippen LogP contribution in [0, 0.1) is 65.1 Å². The van der Waals surface area contributed by atoms with Gasteiger partial charge < -0.3 is 40.1 Å². The Morgan fingerprint density at radius 2 is 1.11 bits per heavy atom. The number of carbonyl (C=O) groups is 12. The summed E-state index contributed by atoms with van der Waals surface area (Å²) in [7, 11) is 5.88. The van der Waals surface area contributed by atoms with Crippen molar-refractivity contribution >= 4 is 81.2 Å². The van der Waals surface area contributed by atoms with Crippen molar-refractivity contribution in [3.8, 4) is 0 Å². The molecule has 1 aliphatic rings. The molecular formula is C76H134N6O14S. The second-order valence-corrected chi connectivity index (χ2v) is 31.4. The van der Waals surface area contributed by atoms with Crippen LogP contribution in [-0.4, -0.2) is 183 Å². The van der Waals surface area contributed by atoms with Crippen LogP contribution in [-0.2, 0) is 62.3 Å². The summed E-state index contributed by atoms with van der Waals surface area (Å²) < 4.78 is 6.21. The smallest absolute Gasteiger partial charge is 0.245 e. The number of ketones is 5. The molecule has 0 bridgehead atoms. The highest BCUT2D eigenvalue weighted by atomic mass is 32.2. The molecule has 97 heavy (non-hydrogen) atoms. The quantitative estimate of drug-likeness (QED) is 0.0599. The molecule has 0 aromatic rings. The summed E-state index contributed by atoms with van der Waals surface area (Å²) in [5, 5.41) is 17.5. The Labute approximate surface area is 590 Å². The van der Waals surface area contributed by atoms with Crippen LogP contribution in [0.2, 0.25) is 0 Å². The van der Waals surface area contributed by atoms with Gasteiger partial charge >= 0.3 is 0 Å². The molecule has 0 aliphatic carbocycles. The van der Waals surface area contributed by atoms with Gasteiger partial charge in [-0.05, 0) is 107 Å². The normalized spacial score (nSPS) is 25.2. The fourth-order valence-electron chi connectivity index (χ4n) is 12.7. The number of nitrogens with zero attached hydrogens (tertiary/aromatic N) is 4. The minimum Gasteiger partial charge on any atom is -0.392 e. The molecule has 6 amide bonds. The largest absolute Gasteiger partial charge is 0.392 e. The lowest BCUT2D eigenvalue weighted by Crippen LogP contribution is -2.53. The van der Waals surface area contributed by atoms with Crippen LogP contribution in [0.4, 0.5) is 0 Å². The Morgan fingerprint density at radius 1 is 0.577 bits per heavy atom. The Bertz CT molecular complexity index is 2530. The van der Waals surface area contributed by atoms with Crippen molar-refractivity contribution in [1.82, 2.24) is 30.2 Å². The fraction of sp³-hybridized carbons (Fsp3) is 0.816. The predicted octanol–water partition coefficient (Wildman–Crippen LogP) is 11.5. The molecule has 0 aromatic heterocycles. The molecule has 13 atom stereocenters. The van der Waals surface area contributed by atoms with Crippen LogP contribution in [0.3, 0.4) is 0 Å². The molecular weight excluding hydrogens is 1250 g/mol. The van der Waals surface area contributed by atoms with E-state index in [0.717, 1.165) is 5.92 Å². The van der Waals surface area contributed by atoms with Crippen molar-refractivity contribution in [2.24, 2.45) is 65.1 Å². The van der Waals surface area contributed by atoms with Gasteiger partial charge in [-0.2, -0.15) is 0 Å². The van der Waals surface area contributed by atoms with Crippen LogP contribution >= 0.6 is 11.8 Å². The molecule has 558 valence electrons. The van der Waals surface area contributed by atoms with Gasteiger partial charge in [0.25, 0.3) is 0 Å². The van der Waals surface area contributed by atoms with Crippen LogP contribution in [0.1, 0.15) is 248 Å². The van der Waals surface area contributed by atoms with E-state index in [9.17, 15) is 62.6 Å². The summed E-state index contributed by atoms with van der Waals surface area (Å²) in [6.45, 7) is 36.8. The molecule has 1 heterocycles. The number of amides is 6. The number of nitrogens with one attached hydrogen (secondary N) is 2. The van der Waals surface area contributed by atoms with Gasteiger partial charge in [0.2, 0.25) is 35.4 Å². The number of hydrogen-bond donors (Lipinski definition) is 3. The number of ether oxygens (including phenoxy) is 1. The van der Waals surface area contributed by atoms with Gasteiger partial charge in [0.05, 0.1) is 42.3 Å². The average Bonchev–Trinajstić information content (AvgIpc) is 0.853. The number of unbranched alkanes of at least 4 members (excludes halogenated alkanes) is 3. The Morgan fingerprint density at radius 3 is 1.61 bits per heavy atom. The van der Waals surface area contributed by atoms with Gasteiger partial charge in [0.15, 0.2) is 34.0 Å². The zero-order valence-electron chi connectivity index (χ0n) is 64.5. The van der Waals surface area contributed by atoms with E-state index >= 15 is 0 Å².